The molecule has 0 aliphatic carbocycles. The molecule has 7 nitrogen and oxygen atoms in total. The molecule has 1 unspecified atom stereocenters. The molecular weight excluding hydrogens is 318 g/mol. The van der Waals surface area contributed by atoms with Gasteiger partial charge in [-0.05, 0) is 25.0 Å². The van der Waals surface area contributed by atoms with E-state index in [1.807, 2.05) is 0 Å². The third-order valence-electron chi connectivity index (χ3n) is 3.55. The number of nitro benzene ring substituents is 1. The monoisotopic (exact) mass is 333 g/mol. The van der Waals surface area contributed by atoms with Gasteiger partial charge in [0.05, 0.1) is 4.92 Å². The van der Waals surface area contributed by atoms with Crippen LogP contribution in [-0.2, 0) is 10.0 Å². The van der Waals surface area contributed by atoms with E-state index in [0.717, 1.165) is 18.9 Å². The van der Waals surface area contributed by atoms with Gasteiger partial charge in [0.1, 0.15) is 0 Å². The van der Waals surface area contributed by atoms with Crippen LogP contribution < -0.4 is 5.73 Å². The number of hydrogen-bond acceptors (Lipinski definition) is 5. The number of nitro groups is 1. The summed E-state index contributed by atoms with van der Waals surface area (Å²) in [6.07, 6.45) is 2.28. The van der Waals surface area contributed by atoms with Crippen molar-refractivity contribution in [2.75, 3.05) is 13.1 Å². The van der Waals surface area contributed by atoms with Gasteiger partial charge in [0.25, 0.3) is 5.69 Å². The summed E-state index contributed by atoms with van der Waals surface area (Å²) in [5.41, 5.74) is 5.12. The van der Waals surface area contributed by atoms with Crippen molar-refractivity contribution in [3.05, 3.63) is 33.3 Å². The Morgan fingerprint density at radius 2 is 2.14 bits per heavy atom. The lowest BCUT2D eigenvalue weighted by atomic mass is 10.1. The highest BCUT2D eigenvalue weighted by atomic mass is 35.5. The minimum atomic E-state index is -3.96. The molecule has 21 heavy (non-hydrogen) atoms. The molecule has 0 bridgehead atoms. The third-order valence-corrected chi connectivity index (χ3v) is 5.78. The molecule has 1 aliphatic rings. The zero-order valence-electron chi connectivity index (χ0n) is 11.2. The summed E-state index contributed by atoms with van der Waals surface area (Å²) < 4.78 is 26.7. The quantitative estimate of drug-likeness (QED) is 0.667. The van der Waals surface area contributed by atoms with Crippen LogP contribution in [0, 0.1) is 10.1 Å². The topological polar surface area (TPSA) is 107 Å². The Kier molecular flexibility index (Phi) is 4.82. The number of nitrogens with zero attached hydrogens (tertiary/aromatic N) is 2. The molecule has 9 heteroatoms. The number of rotatable bonds is 4. The molecule has 0 amide bonds. The molecule has 0 aromatic heterocycles. The van der Waals surface area contributed by atoms with Crippen molar-refractivity contribution in [1.82, 2.24) is 4.31 Å². The van der Waals surface area contributed by atoms with Gasteiger partial charge in [-0.2, -0.15) is 4.31 Å². The number of piperidine rings is 1. The molecule has 1 aromatic rings. The number of nitrogens with two attached hydrogens (primary N) is 1. The number of halogens is 1. The normalized spacial score (nSPS) is 20.4. The van der Waals surface area contributed by atoms with E-state index in [2.05, 4.69) is 0 Å². The largest absolute Gasteiger partial charge is 0.329 e. The van der Waals surface area contributed by atoms with E-state index in [4.69, 9.17) is 17.3 Å². The van der Waals surface area contributed by atoms with Crippen LogP contribution in [0.25, 0.3) is 0 Å². The van der Waals surface area contributed by atoms with Gasteiger partial charge >= 0.3 is 0 Å². The van der Waals surface area contributed by atoms with Crippen LogP contribution in [0.4, 0.5) is 5.69 Å². The van der Waals surface area contributed by atoms with Crippen molar-refractivity contribution in [2.45, 2.75) is 30.2 Å². The SMILES string of the molecule is NCC1CCCCN1S(=O)(=O)c1ccc(Cl)cc1[N+](=O)[O-]. The van der Waals surface area contributed by atoms with Gasteiger partial charge in [-0.15, -0.1) is 0 Å². The zero-order valence-corrected chi connectivity index (χ0v) is 12.8. The van der Waals surface area contributed by atoms with Crippen LogP contribution in [-0.4, -0.2) is 36.8 Å². The molecule has 2 rings (SSSR count). The van der Waals surface area contributed by atoms with Crippen LogP contribution in [0.5, 0.6) is 0 Å². The Hall–Kier alpha value is -1.22. The fraction of sp³-hybridized carbons (Fsp3) is 0.500. The Morgan fingerprint density at radius 3 is 2.76 bits per heavy atom. The van der Waals surface area contributed by atoms with Gasteiger partial charge < -0.3 is 5.73 Å². The second-order valence-electron chi connectivity index (χ2n) is 4.87. The van der Waals surface area contributed by atoms with E-state index < -0.39 is 20.6 Å². The van der Waals surface area contributed by atoms with Gasteiger partial charge in [0, 0.05) is 30.2 Å². The highest BCUT2D eigenvalue weighted by molar-refractivity contribution is 7.89. The fourth-order valence-corrected chi connectivity index (χ4v) is 4.51. The molecule has 2 N–H and O–H groups in total. The maximum Gasteiger partial charge on any atom is 0.290 e. The predicted molar refractivity (Wildman–Crippen MR) is 78.7 cm³/mol. The summed E-state index contributed by atoms with van der Waals surface area (Å²) in [6.45, 7) is 0.518. The second-order valence-corrected chi connectivity index (χ2v) is 7.17. The van der Waals surface area contributed by atoms with Crippen LogP contribution in [0.2, 0.25) is 5.02 Å². The molecular formula is C12H16ClN3O4S. The minimum absolute atomic E-state index is 0.120. The van der Waals surface area contributed by atoms with Crippen LogP contribution >= 0.6 is 11.6 Å². The highest BCUT2D eigenvalue weighted by Crippen LogP contribution is 2.32. The molecule has 1 saturated heterocycles. The van der Waals surface area contributed by atoms with E-state index in [9.17, 15) is 18.5 Å². The van der Waals surface area contributed by atoms with Gasteiger partial charge in [0.2, 0.25) is 10.0 Å². The lowest BCUT2D eigenvalue weighted by Crippen LogP contribution is -2.47. The van der Waals surface area contributed by atoms with Crippen molar-refractivity contribution in [1.29, 1.82) is 0 Å². The summed E-state index contributed by atoms with van der Waals surface area (Å²) in [5, 5.41) is 11.2. The van der Waals surface area contributed by atoms with E-state index >= 15 is 0 Å². The van der Waals surface area contributed by atoms with Gasteiger partial charge in [0.15, 0.2) is 4.90 Å². The average molecular weight is 334 g/mol. The Balaban J connectivity index is 2.51. The Morgan fingerprint density at radius 1 is 1.43 bits per heavy atom. The first-order valence-electron chi connectivity index (χ1n) is 6.53. The highest BCUT2D eigenvalue weighted by Gasteiger charge is 2.36. The molecule has 0 radical (unpaired) electrons. The smallest absolute Gasteiger partial charge is 0.290 e. The molecule has 1 aliphatic heterocycles. The summed E-state index contributed by atoms with van der Waals surface area (Å²) in [7, 11) is -3.96. The third kappa shape index (κ3) is 3.18. The van der Waals surface area contributed by atoms with Gasteiger partial charge in [-0.1, -0.05) is 18.0 Å². The first-order chi connectivity index (χ1) is 9.87. The van der Waals surface area contributed by atoms with Crippen LogP contribution in [0.15, 0.2) is 23.1 Å². The number of sulfonamides is 1. The Labute approximate surface area is 127 Å². The molecule has 1 fully saturated rings. The second kappa shape index (κ2) is 6.27. The zero-order chi connectivity index (χ0) is 15.6. The maximum atomic E-state index is 12.7. The lowest BCUT2D eigenvalue weighted by molar-refractivity contribution is -0.387. The van der Waals surface area contributed by atoms with Crippen molar-refractivity contribution < 1.29 is 13.3 Å². The summed E-state index contributed by atoms with van der Waals surface area (Å²) in [6, 6.07) is 3.25. The van der Waals surface area contributed by atoms with Crippen molar-refractivity contribution in [3.63, 3.8) is 0 Å². The lowest BCUT2D eigenvalue weighted by Gasteiger charge is -2.33. The van der Waals surface area contributed by atoms with Crippen LogP contribution in [0.3, 0.4) is 0 Å². The molecule has 1 heterocycles. The summed E-state index contributed by atoms with van der Waals surface area (Å²) in [4.78, 5) is 10.0. The van der Waals surface area contributed by atoms with E-state index in [1.165, 1.54) is 16.4 Å². The standard InChI is InChI=1S/C12H16ClN3O4S/c13-9-4-5-12(11(7-9)16(17)18)21(19,20)15-6-2-1-3-10(15)8-14/h4-5,7,10H,1-3,6,8,14H2. The number of benzene rings is 1. The molecule has 1 atom stereocenters. The van der Waals surface area contributed by atoms with Crippen molar-refractivity contribution >= 4 is 27.3 Å². The van der Waals surface area contributed by atoms with Crippen molar-refractivity contribution in [3.8, 4) is 0 Å². The van der Waals surface area contributed by atoms with E-state index in [0.29, 0.717) is 13.0 Å². The molecule has 116 valence electrons. The fourth-order valence-electron chi connectivity index (χ4n) is 2.50. The van der Waals surface area contributed by atoms with Gasteiger partial charge in [-0.25, -0.2) is 8.42 Å². The van der Waals surface area contributed by atoms with Crippen molar-refractivity contribution in [2.24, 2.45) is 5.73 Å². The van der Waals surface area contributed by atoms with Crippen LogP contribution in [0.1, 0.15) is 19.3 Å². The molecule has 1 aromatic carbocycles. The van der Waals surface area contributed by atoms with E-state index in [-0.39, 0.29) is 22.5 Å². The minimum Gasteiger partial charge on any atom is -0.329 e. The van der Waals surface area contributed by atoms with E-state index in [1.54, 1.807) is 0 Å². The molecule has 0 saturated carbocycles. The van der Waals surface area contributed by atoms with Gasteiger partial charge in [-0.3, -0.25) is 10.1 Å². The average Bonchev–Trinajstić information content (AvgIpc) is 2.46. The predicted octanol–water partition coefficient (Wildman–Crippen LogP) is 1.75. The molecule has 0 spiro atoms. The summed E-state index contributed by atoms with van der Waals surface area (Å²) >= 11 is 5.72. The maximum absolute atomic E-state index is 12.7. The number of hydrogen-bond donors (Lipinski definition) is 1. The first kappa shape index (κ1) is 16.2. The Bertz CT molecular complexity index is 650. The first-order valence-corrected chi connectivity index (χ1v) is 8.35. The summed E-state index contributed by atoms with van der Waals surface area (Å²) in [5.74, 6) is 0.